The predicted octanol–water partition coefficient (Wildman–Crippen LogP) is 1.92. The quantitative estimate of drug-likeness (QED) is 0.724. The number of carbonyl (C=O) groups is 2. The van der Waals surface area contributed by atoms with Crippen LogP contribution >= 0.6 is 11.5 Å². The van der Waals surface area contributed by atoms with Crippen LogP contribution in [0.2, 0.25) is 0 Å². The number of urea groups is 1. The number of pyridine rings is 1. The van der Waals surface area contributed by atoms with E-state index in [2.05, 4.69) is 20.0 Å². The van der Waals surface area contributed by atoms with Gasteiger partial charge in [0.1, 0.15) is 10.8 Å². The third kappa shape index (κ3) is 5.67. The van der Waals surface area contributed by atoms with Crippen LogP contribution in [-0.2, 0) is 4.79 Å². The summed E-state index contributed by atoms with van der Waals surface area (Å²) >= 11 is 1.25. The molecule has 3 rings (SSSR count). The van der Waals surface area contributed by atoms with Crippen molar-refractivity contribution in [1.82, 2.24) is 24.5 Å². The number of ether oxygens (including phenoxy) is 1. The number of aryl methyl sites for hydroxylation is 1. The number of carbonyl (C=O) groups excluding carboxylic acids is 2. The van der Waals surface area contributed by atoms with Gasteiger partial charge in [-0.2, -0.15) is 4.37 Å². The minimum Gasteiger partial charge on any atom is -0.495 e. The summed E-state index contributed by atoms with van der Waals surface area (Å²) in [5, 5.41) is 6.60. The van der Waals surface area contributed by atoms with Crippen LogP contribution in [0.25, 0.3) is 0 Å². The fraction of sp³-hybridized carbons (Fsp3) is 0.500. The van der Waals surface area contributed by atoms with Crippen LogP contribution in [0.5, 0.6) is 5.75 Å². The van der Waals surface area contributed by atoms with E-state index in [1.165, 1.54) is 11.5 Å². The standard InChI is InChI=1S/C20H28N6O3S/c1-13-9-18(30-24-13)23-20(28)22-17-7-8-26(19(27)12-25(2)3)11-15(17)16-6-5-14(29-4)10-21-16/h5-6,9-10,15,17H,7-8,11-12H2,1-4H3,(H2,22,23,28)/t15-,17+/m0/s1. The first-order valence-corrected chi connectivity index (χ1v) is 10.6. The van der Waals surface area contributed by atoms with Crippen molar-refractivity contribution in [2.75, 3.05) is 46.2 Å². The van der Waals surface area contributed by atoms with Crippen molar-refractivity contribution in [1.29, 1.82) is 0 Å². The number of amides is 3. The molecule has 10 heteroatoms. The second-order valence-corrected chi connectivity index (χ2v) is 8.44. The number of hydrogen-bond acceptors (Lipinski definition) is 7. The molecular weight excluding hydrogens is 404 g/mol. The van der Waals surface area contributed by atoms with Gasteiger partial charge in [-0.1, -0.05) is 0 Å². The molecule has 162 valence electrons. The number of piperidine rings is 1. The SMILES string of the molecule is COc1ccc([C@@H]2CN(C(=O)CN(C)C)CC[C@H]2NC(=O)Nc2cc(C)ns2)nc1. The van der Waals surface area contributed by atoms with Crippen LogP contribution < -0.4 is 15.4 Å². The van der Waals surface area contributed by atoms with E-state index in [4.69, 9.17) is 4.74 Å². The molecule has 3 heterocycles. The maximum absolute atomic E-state index is 12.6. The lowest BCUT2D eigenvalue weighted by Gasteiger charge is -2.39. The van der Waals surface area contributed by atoms with Crippen molar-refractivity contribution in [3.05, 3.63) is 35.8 Å². The molecule has 0 saturated carbocycles. The zero-order valence-electron chi connectivity index (χ0n) is 17.7. The summed E-state index contributed by atoms with van der Waals surface area (Å²) in [7, 11) is 5.34. The zero-order valence-corrected chi connectivity index (χ0v) is 18.5. The maximum Gasteiger partial charge on any atom is 0.320 e. The van der Waals surface area contributed by atoms with Crippen LogP contribution in [0.4, 0.5) is 9.80 Å². The van der Waals surface area contributed by atoms with Crippen molar-refractivity contribution < 1.29 is 14.3 Å². The number of likely N-dealkylation sites (tertiary alicyclic amines) is 1. The first-order chi connectivity index (χ1) is 14.4. The Hall–Kier alpha value is -2.72. The molecule has 2 atom stereocenters. The molecule has 2 aromatic heterocycles. The zero-order chi connectivity index (χ0) is 21.7. The Bertz CT molecular complexity index is 870. The molecule has 2 N–H and O–H groups in total. The van der Waals surface area contributed by atoms with Crippen LogP contribution in [0.3, 0.4) is 0 Å². The number of anilines is 1. The van der Waals surface area contributed by atoms with E-state index in [0.717, 1.165) is 11.4 Å². The first kappa shape index (κ1) is 22.0. The number of methoxy groups -OCH3 is 1. The van der Waals surface area contributed by atoms with Crippen LogP contribution in [0.1, 0.15) is 23.7 Å². The second-order valence-electron chi connectivity index (χ2n) is 7.63. The third-order valence-electron chi connectivity index (χ3n) is 4.97. The van der Waals surface area contributed by atoms with Gasteiger partial charge >= 0.3 is 6.03 Å². The molecule has 1 saturated heterocycles. The molecule has 3 amide bonds. The molecule has 0 aliphatic carbocycles. The van der Waals surface area contributed by atoms with E-state index in [1.807, 2.05) is 49.0 Å². The van der Waals surface area contributed by atoms with Gasteiger partial charge in [0.15, 0.2) is 0 Å². The predicted molar refractivity (Wildman–Crippen MR) is 116 cm³/mol. The lowest BCUT2D eigenvalue weighted by Crippen LogP contribution is -2.53. The van der Waals surface area contributed by atoms with Crippen molar-refractivity contribution in [2.45, 2.75) is 25.3 Å². The molecule has 0 unspecified atom stereocenters. The fourth-order valence-electron chi connectivity index (χ4n) is 3.49. The van der Waals surface area contributed by atoms with E-state index < -0.39 is 0 Å². The van der Waals surface area contributed by atoms with Crippen molar-refractivity contribution in [3.8, 4) is 5.75 Å². The van der Waals surface area contributed by atoms with Gasteiger partial charge in [-0.15, -0.1) is 0 Å². The second kappa shape index (κ2) is 9.86. The van der Waals surface area contributed by atoms with Gasteiger partial charge in [0.2, 0.25) is 5.91 Å². The monoisotopic (exact) mass is 432 g/mol. The summed E-state index contributed by atoms with van der Waals surface area (Å²) in [4.78, 5) is 33.4. The summed E-state index contributed by atoms with van der Waals surface area (Å²) < 4.78 is 9.38. The summed E-state index contributed by atoms with van der Waals surface area (Å²) in [5.41, 5.74) is 1.68. The summed E-state index contributed by atoms with van der Waals surface area (Å²) in [5.74, 6) is 0.615. The Morgan fingerprint density at radius 2 is 2.17 bits per heavy atom. The summed E-state index contributed by atoms with van der Waals surface area (Å²) in [6.07, 6.45) is 2.31. The van der Waals surface area contributed by atoms with Crippen molar-refractivity contribution in [2.24, 2.45) is 0 Å². The summed E-state index contributed by atoms with van der Waals surface area (Å²) in [6.45, 7) is 3.32. The van der Waals surface area contributed by atoms with Gasteiger partial charge in [-0.3, -0.25) is 15.1 Å². The minimum absolute atomic E-state index is 0.0709. The van der Waals surface area contributed by atoms with Crippen LogP contribution in [0, 0.1) is 6.92 Å². The lowest BCUT2D eigenvalue weighted by molar-refractivity contribution is -0.133. The van der Waals surface area contributed by atoms with E-state index in [1.54, 1.807) is 13.3 Å². The van der Waals surface area contributed by atoms with E-state index in [-0.39, 0.29) is 23.9 Å². The molecule has 0 bridgehead atoms. The highest BCUT2D eigenvalue weighted by molar-refractivity contribution is 7.10. The Morgan fingerprint density at radius 3 is 2.77 bits per heavy atom. The molecule has 0 radical (unpaired) electrons. The Balaban J connectivity index is 1.74. The fourth-order valence-corrected chi connectivity index (χ4v) is 4.15. The highest BCUT2D eigenvalue weighted by Crippen LogP contribution is 2.28. The molecule has 1 aliphatic heterocycles. The highest BCUT2D eigenvalue weighted by atomic mass is 32.1. The number of nitrogens with one attached hydrogen (secondary N) is 2. The maximum atomic E-state index is 12.6. The Labute approximate surface area is 180 Å². The molecule has 9 nitrogen and oxygen atoms in total. The average Bonchev–Trinajstić information content (AvgIpc) is 3.12. The number of aromatic nitrogens is 2. The molecule has 0 aromatic carbocycles. The number of likely N-dealkylation sites (N-methyl/N-ethyl adjacent to an activating group) is 1. The Kier molecular flexibility index (Phi) is 7.22. The smallest absolute Gasteiger partial charge is 0.320 e. The normalized spacial score (nSPS) is 18.9. The Morgan fingerprint density at radius 1 is 1.37 bits per heavy atom. The van der Waals surface area contributed by atoms with Gasteiger partial charge < -0.3 is 19.9 Å². The van der Waals surface area contributed by atoms with Gasteiger partial charge in [0.25, 0.3) is 0 Å². The molecule has 30 heavy (non-hydrogen) atoms. The molecular formula is C20H28N6O3S. The van der Waals surface area contributed by atoms with Gasteiger partial charge in [0, 0.05) is 30.7 Å². The van der Waals surface area contributed by atoms with Gasteiger partial charge in [0.05, 0.1) is 25.5 Å². The lowest BCUT2D eigenvalue weighted by atomic mass is 9.88. The largest absolute Gasteiger partial charge is 0.495 e. The molecule has 0 spiro atoms. The minimum atomic E-state index is -0.282. The molecule has 1 fully saturated rings. The van der Waals surface area contributed by atoms with E-state index in [0.29, 0.717) is 36.8 Å². The molecule has 1 aliphatic rings. The topological polar surface area (TPSA) is 99.7 Å². The number of rotatable bonds is 6. The number of hydrogen-bond donors (Lipinski definition) is 2. The average molecular weight is 433 g/mol. The van der Waals surface area contributed by atoms with Gasteiger partial charge in [-0.05, 0) is 57.2 Å². The van der Waals surface area contributed by atoms with E-state index >= 15 is 0 Å². The van der Waals surface area contributed by atoms with Crippen LogP contribution in [0.15, 0.2) is 24.4 Å². The van der Waals surface area contributed by atoms with Crippen LogP contribution in [-0.4, -0.2) is 78.0 Å². The van der Waals surface area contributed by atoms with Crippen molar-refractivity contribution in [3.63, 3.8) is 0 Å². The first-order valence-electron chi connectivity index (χ1n) is 9.79. The number of nitrogens with zero attached hydrogens (tertiary/aromatic N) is 4. The molecule has 2 aromatic rings. The highest BCUT2D eigenvalue weighted by Gasteiger charge is 2.34. The third-order valence-corrected chi connectivity index (χ3v) is 5.77. The van der Waals surface area contributed by atoms with E-state index in [9.17, 15) is 9.59 Å². The summed E-state index contributed by atoms with van der Waals surface area (Å²) in [6, 6.07) is 5.14. The van der Waals surface area contributed by atoms with Gasteiger partial charge in [-0.25, -0.2) is 4.79 Å². The van der Waals surface area contributed by atoms with Crippen molar-refractivity contribution >= 4 is 28.5 Å².